The van der Waals surface area contributed by atoms with E-state index in [0.717, 1.165) is 12.0 Å². The zero-order valence-corrected chi connectivity index (χ0v) is 10.5. The summed E-state index contributed by atoms with van der Waals surface area (Å²) in [5.41, 5.74) is 0.938. The molecule has 0 bridgehead atoms. The highest BCUT2D eigenvalue weighted by Gasteiger charge is 2.08. The summed E-state index contributed by atoms with van der Waals surface area (Å²) in [4.78, 5) is 22.2. The molecule has 18 heavy (non-hydrogen) atoms. The first-order valence-electron chi connectivity index (χ1n) is 5.78. The van der Waals surface area contributed by atoms with Gasteiger partial charge in [-0.2, -0.15) is 0 Å². The summed E-state index contributed by atoms with van der Waals surface area (Å²) in [7, 11) is 0. The third kappa shape index (κ3) is 4.08. The largest absolute Gasteiger partial charge is 0.483 e. The highest BCUT2D eigenvalue weighted by Crippen LogP contribution is 2.19. The molecule has 98 valence electrons. The van der Waals surface area contributed by atoms with Crippen LogP contribution in [-0.2, 0) is 4.79 Å². The molecule has 5 heteroatoms. The van der Waals surface area contributed by atoms with Crippen LogP contribution >= 0.6 is 0 Å². The first kappa shape index (κ1) is 14.0. The quantitative estimate of drug-likeness (QED) is 0.805. The zero-order valence-electron chi connectivity index (χ0n) is 10.5. The molecular formula is C13H17NO4. The lowest BCUT2D eigenvalue weighted by molar-refractivity contribution is -0.123. The van der Waals surface area contributed by atoms with Gasteiger partial charge in [-0.25, -0.2) is 4.79 Å². The van der Waals surface area contributed by atoms with E-state index in [2.05, 4.69) is 5.32 Å². The van der Waals surface area contributed by atoms with Gasteiger partial charge in [0.2, 0.25) is 0 Å². The second kappa shape index (κ2) is 6.64. The van der Waals surface area contributed by atoms with Crippen molar-refractivity contribution in [1.29, 1.82) is 0 Å². The Morgan fingerprint density at radius 2 is 2.11 bits per heavy atom. The van der Waals surface area contributed by atoms with Gasteiger partial charge >= 0.3 is 5.97 Å². The number of aryl methyl sites for hydroxylation is 1. The summed E-state index contributed by atoms with van der Waals surface area (Å²) in [6.45, 7) is 4.26. The molecule has 0 aliphatic heterocycles. The zero-order chi connectivity index (χ0) is 13.5. The fraction of sp³-hybridized carbons (Fsp3) is 0.385. The predicted molar refractivity (Wildman–Crippen MR) is 66.9 cm³/mol. The molecule has 0 saturated heterocycles. The number of carbonyl (C=O) groups excluding carboxylic acids is 1. The molecule has 1 rings (SSSR count). The number of ether oxygens (including phenoxy) is 1. The van der Waals surface area contributed by atoms with Gasteiger partial charge in [-0.15, -0.1) is 0 Å². The van der Waals surface area contributed by atoms with E-state index < -0.39 is 5.97 Å². The minimum absolute atomic E-state index is 0.107. The van der Waals surface area contributed by atoms with Gasteiger partial charge in [-0.3, -0.25) is 4.79 Å². The third-order valence-corrected chi connectivity index (χ3v) is 2.37. The van der Waals surface area contributed by atoms with Crippen LogP contribution in [0.15, 0.2) is 18.2 Å². The average Bonchev–Trinajstić information content (AvgIpc) is 2.35. The molecule has 2 N–H and O–H groups in total. The molecule has 0 spiro atoms. The number of amides is 1. The van der Waals surface area contributed by atoms with E-state index in [0.29, 0.717) is 12.3 Å². The van der Waals surface area contributed by atoms with Crippen LogP contribution in [0.2, 0.25) is 0 Å². The Kier molecular flexibility index (Phi) is 5.17. The first-order chi connectivity index (χ1) is 8.54. The van der Waals surface area contributed by atoms with Crippen LogP contribution in [0.3, 0.4) is 0 Å². The number of benzene rings is 1. The predicted octanol–water partition coefficient (Wildman–Crippen LogP) is 1.60. The maximum atomic E-state index is 11.4. The van der Waals surface area contributed by atoms with Crippen LogP contribution in [0.4, 0.5) is 0 Å². The molecule has 0 radical (unpaired) electrons. The summed E-state index contributed by atoms with van der Waals surface area (Å²) in [6.07, 6.45) is 0.860. The first-order valence-corrected chi connectivity index (χ1v) is 5.78. The topological polar surface area (TPSA) is 75.6 Å². The Morgan fingerprint density at radius 3 is 2.72 bits per heavy atom. The highest BCUT2D eigenvalue weighted by atomic mass is 16.5. The van der Waals surface area contributed by atoms with Crippen molar-refractivity contribution in [2.45, 2.75) is 20.3 Å². The number of aromatic carboxylic acids is 1. The molecule has 0 unspecified atom stereocenters. The Morgan fingerprint density at radius 1 is 1.39 bits per heavy atom. The van der Waals surface area contributed by atoms with E-state index in [-0.39, 0.29) is 18.1 Å². The highest BCUT2D eigenvalue weighted by molar-refractivity contribution is 5.88. The number of carboxylic acids is 1. The fourth-order valence-electron chi connectivity index (χ4n) is 1.35. The number of hydrogen-bond acceptors (Lipinski definition) is 3. The summed E-state index contributed by atoms with van der Waals surface area (Å²) >= 11 is 0. The van der Waals surface area contributed by atoms with E-state index in [1.807, 2.05) is 6.92 Å². The molecule has 5 nitrogen and oxygen atoms in total. The van der Waals surface area contributed by atoms with Crippen LogP contribution in [-0.4, -0.2) is 30.1 Å². The molecule has 1 amide bonds. The Hall–Kier alpha value is -2.04. The van der Waals surface area contributed by atoms with Gasteiger partial charge in [-0.05, 0) is 31.0 Å². The Balaban J connectivity index is 2.63. The number of carbonyl (C=O) groups is 2. The second-order valence-corrected chi connectivity index (χ2v) is 3.92. The summed E-state index contributed by atoms with van der Waals surface area (Å²) in [5.74, 6) is -0.811. The van der Waals surface area contributed by atoms with Gasteiger partial charge < -0.3 is 15.2 Å². The maximum absolute atomic E-state index is 11.4. The normalized spacial score (nSPS) is 9.89. The van der Waals surface area contributed by atoms with Gasteiger partial charge in [-0.1, -0.05) is 13.0 Å². The van der Waals surface area contributed by atoms with Crippen LogP contribution in [0, 0.1) is 6.92 Å². The monoisotopic (exact) mass is 251 g/mol. The number of carboxylic acid groups (broad SMARTS) is 1. The number of rotatable bonds is 6. The third-order valence-electron chi connectivity index (χ3n) is 2.37. The van der Waals surface area contributed by atoms with Crippen molar-refractivity contribution >= 4 is 11.9 Å². The summed E-state index contributed by atoms with van der Waals surface area (Å²) < 4.78 is 5.31. The van der Waals surface area contributed by atoms with Crippen molar-refractivity contribution in [2.75, 3.05) is 13.2 Å². The van der Waals surface area contributed by atoms with E-state index in [4.69, 9.17) is 9.84 Å². The Bertz CT molecular complexity index is 443. The molecule has 0 aliphatic carbocycles. The smallest absolute Gasteiger partial charge is 0.335 e. The van der Waals surface area contributed by atoms with Crippen molar-refractivity contribution in [3.8, 4) is 5.75 Å². The molecular weight excluding hydrogens is 234 g/mol. The minimum Gasteiger partial charge on any atom is -0.483 e. The standard InChI is InChI=1S/C13H17NO4/c1-3-6-14-12(15)8-18-11-7-10(13(16)17)5-4-9(11)2/h4-5,7H,3,6,8H2,1-2H3,(H,14,15)(H,16,17). The van der Waals surface area contributed by atoms with Gasteiger partial charge in [0.1, 0.15) is 5.75 Å². The lowest BCUT2D eigenvalue weighted by Gasteiger charge is -2.09. The fourth-order valence-corrected chi connectivity index (χ4v) is 1.35. The average molecular weight is 251 g/mol. The molecule has 0 aromatic heterocycles. The van der Waals surface area contributed by atoms with Crippen LogP contribution in [0.5, 0.6) is 5.75 Å². The van der Waals surface area contributed by atoms with E-state index in [9.17, 15) is 9.59 Å². The molecule has 0 heterocycles. The van der Waals surface area contributed by atoms with Gasteiger partial charge in [0.15, 0.2) is 6.61 Å². The van der Waals surface area contributed by atoms with E-state index in [1.54, 1.807) is 13.0 Å². The maximum Gasteiger partial charge on any atom is 0.335 e. The van der Waals surface area contributed by atoms with Crippen molar-refractivity contribution < 1.29 is 19.4 Å². The van der Waals surface area contributed by atoms with Crippen molar-refractivity contribution in [2.24, 2.45) is 0 Å². The van der Waals surface area contributed by atoms with Gasteiger partial charge in [0.25, 0.3) is 5.91 Å². The molecule has 0 aliphatic rings. The molecule has 0 atom stereocenters. The number of hydrogen-bond donors (Lipinski definition) is 2. The summed E-state index contributed by atoms with van der Waals surface area (Å²) in [5, 5.41) is 11.5. The van der Waals surface area contributed by atoms with Crippen molar-refractivity contribution in [1.82, 2.24) is 5.32 Å². The SMILES string of the molecule is CCCNC(=O)COc1cc(C(=O)O)ccc1C. The van der Waals surface area contributed by atoms with Crippen LogP contribution < -0.4 is 10.1 Å². The Labute approximate surface area is 106 Å². The molecule has 1 aromatic rings. The van der Waals surface area contributed by atoms with E-state index in [1.165, 1.54) is 12.1 Å². The van der Waals surface area contributed by atoms with Gasteiger partial charge in [0.05, 0.1) is 5.56 Å². The van der Waals surface area contributed by atoms with Crippen molar-refractivity contribution in [3.05, 3.63) is 29.3 Å². The molecule has 0 fully saturated rings. The summed E-state index contributed by atoms with van der Waals surface area (Å²) in [6, 6.07) is 4.58. The minimum atomic E-state index is -1.02. The lowest BCUT2D eigenvalue weighted by atomic mass is 10.1. The van der Waals surface area contributed by atoms with Crippen molar-refractivity contribution in [3.63, 3.8) is 0 Å². The second-order valence-electron chi connectivity index (χ2n) is 3.92. The van der Waals surface area contributed by atoms with Crippen LogP contribution in [0.1, 0.15) is 29.3 Å². The lowest BCUT2D eigenvalue weighted by Crippen LogP contribution is -2.29. The van der Waals surface area contributed by atoms with E-state index >= 15 is 0 Å². The molecule has 0 saturated carbocycles. The molecule has 1 aromatic carbocycles. The van der Waals surface area contributed by atoms with Crippen LogP contribution in [0.25, 0.3) is 0 Å². The van der Waals surface area contributed by atoms with Gasteiger partial charge in [0, 0.05) is 6.54 Å². The number of nitrogens with one attached hydrogen (secondary N) is 1.